The Bertz CT molecular complexity index is 521. The molecule has 1 aliphatic rings. The first-order valence-corrected chi connectivity index (χ1v) is 6.76. The highest BCUT2D eigenvalue weighted by Gasteiger charge is 2.48. The van der Waals surface area contributed by atoms with E-state index in [0.29, 0.717) is 5.92 Å². The minimum absolute atomic E-state index is 0.136. The van der Waals surface area contributed by atoms with Crippen molar-refractivity contribution in [2.75, 3.05) is 0 Å². The van der Waals surface area contributed by atoms with Crippen molar-refractivity contribution in [2.24, 2.45) is 5.92 Å². The van der Waals surface area contributed by atoms with Crippen molar-refractivity contribution in [3.05, 3.63) is 34.4 Å². The zero-order chi connectivity index (χ0) is 13.9. The van der Waals surface area contributed by atoms with Gasteiger partial charge in [-0.3, -0.25) is 4.79 Å². The molecular weight excluding hydrogens is 220 g/mol. The molecule has 0 saturated heterocycles. The van der Waals surface area contributed by atoms with E-state index in [9.17, 15) is 4.79 Å². The minimum Gasteiger partial charge on any atom is -0.295 e. The second kappa shape index (κ2) is 3.69. The van der Waals surface area contributed by atoms with Crippen LogP contribution in [0.2, 0.25) is 0 Å². The zero-order valence-electron chi connectivity index (χ0n) is 12.6. The normalized spacial score (nSPS) is 23.8. The summed E-state index contributed by atoms with van der Waals surface area (Å²) in [6.07, 6.45) is 0. The van der Waals surface area contributed by atoms with Crippen LogP contribution in [0.25, 0.3) is 0 Å². The lowest BCUT2D eigenvalue weighted by Gasteiger charge is -2.32. The van der Waals surface area contributed by atoms with E-state index < -0.39 is 0 Å². The van der Waals surface area contributed by atoms with E-state index in [0.717, 1.165) is 11.1 Å². The smallest absolute Gasteiger partial charge is 0.160 e. The lowest BCUT2D eigenvalue weighted by molar-refractivity contribution is 0.101. The number of fused-ring (bicyclic) bond motifs is 1. The highest BCUT2D eigenvalue weighted by molar-refractivity contribution is 5.96. The summed E-state index contributed by atoms with van der Waals surface area (Å²) in [4.78, 5) is 11.7. The van der Waals surface area contributed by atoms with Gasteiger partial charge in [-0.15, -0.1) is 0 Å². The third-order valence-corrected chi connectivity index (χ3v) is 5.30. The molecule has 1 heteroatoms. The maximum Gasteiger partial charge on any atom is 0.160 e. The van der Waals surface area contributed by atoms with Crippen molar-refractivity contribution < 1.29 is 4.79 Å². The molecule has 0 fully saturated rings. The van der Waals surface area contributed by atoms with Crippen molar-refractivity contribution in [1.82, 2.24) is 0 Å². The molecule has 0 heterocycles. The first kappa shape index (κ1) is 13.3. The molecule has 1 aromatic rings. The molecule has 2 rings (SSSR count). The Morgan fingerprint density at radius 2 is 1.50 bits per heavy atom. The lowest BCUT2D eigenvalue weighted by Crippen LogP contribution is -2.30. The van der Waals surface area contributed by atoms with Gasteiger partial charge in [0.15, 0.2) is 5.78 Å². The Kier molecular flexibility index (Phi) is 2.73. The average molecular weight is 244 g/mol. The van der Waals surface area contributed by atoms with E-state index in [-0.39, 0.29) is 16.6 Å². The van der Waals surface area contributed by atoms with Crippen LogP contribution in [0.5, 0.6) is 0 Å². The van der Waals surface area contributed by atoms with Gasteiger partial charge in [-0.25, -0.2) is 0 Å². The van der Waals surface area contributed by atoms with Gasteiger partial charge in [0.05, 0.1) is 0 Å². The first-order chi connectivity index (χ1) is 8.10. The Morgan fingerprint density at radius 1 is 1.06 bits per heavy atom. The van der Waals surface area contributed by atoms with Crippen LogP contribution < -0.4 is 0 Å². The van der Waals surface area contributed by atoms with E-state index in [1.165, 1.54) is 11.1 Å². The van der Waals surface area contributed by atoms with Crippen LogP contribution in [0.1, 0.15) is 68.6 Å². The van der Waals surface area contributed by atoms with E-state index in [4.69, 9.17) is 0 Å². The molecule has 0 aromatic heterocycles. The van der Waals surface area contributed by atoms with E-state index in [2.05, 4.69) is 46.8 Å². The van der Waals surface area contributed by atoms with Crippen LogP contribution in [0.3, 0.4) is 0 Å². The second-order valence-corrected chi connectivity index (χ2v) is 6.93. The Labute approximate surface area is 111 Å². The Morgan fingerprint density at radius 3 is 1.94 bits per heavy atom. The first-order valence-electron chi connectivity index (χ1n) is 6.76. The molecule has 0 unspecified atom stereocenters. The predicted octanol–water partition coefficient (Wildman–Crippen LogP) is 4.40. The molecule has 1 aliphatic carbocycles. The summed E-state index contributed by atoms with van der Waals surface area (Å²) in [6, 6.07) is 4.37. The zero-order valence-corrected chi connectivity index (χ0v) is 12.6. The van der Waals surface area contributed by atoms with Crippen LogP contribution in [0.15, 0.2) is 12.1 Å². The summed E-state index contributed by atoms with van der Waals surface area (Å²) in [5.41, 5.74) is 5.08. The number of ketones is 1. The van der Waals surface area contributed by atoms with Crippen LogP contribution in [-0.4, -0.2) is 5.78 Å². The number of benzene rings is 1. The van der Waals surface area contributed by atoms with Gasteiger partial charge in [0.25, 0.3) is 0 Å². The summed E-state index contributed by atoms with van der Waals surface area (Å²) >= 11 is 0. The molecule has 0 aliphatic heterocycles. The van der Waals surface area contributed by atoms with Gasteiger partial charge in [-0.2, -0.15) is 0 Å². The second-order valence-electron chi connectivity index (χ2n) is 6.93. The van der Waals surface area contributed by atoms with Gasteiger partial charge in [0.1, 0.15) is 0 Å². The number of rotatable bonds is 1. The van der Waals surface area contributed by atoms with E-state index in [1.54, 1.807) is 6.92 Å². The highest BCUT2D eigenvalue weighted by atomic mass is 16.1. The standard InChI is InChI=1S/C17H24O/c1-10-8-14-15(9-13(10)11(2)18)17(6,7)12(3)16(14,4)5/h8-9,12H,1-7H3/t12-/m1/s1. The molecule has 0 N–H and O–H groups in total. The fourth-order valence-electron chi connectivity index (χ4n) is 3.52. The lowest BCUT2D eigenvalue weighted by atomic mass is 9.71. The van der Waals surface area contributed by atoms with Gasteiger partial charge in [-0.05, 0) is 53.4 Å². The minimum atomic E-state index is 0.136. The SMILES string of the molecule is CC(=O)c1cc2c(cc1C)C(C)(C)[C@@H](C)C2(C)C. The van der Waals surface area contributed by atoms with Crippen LogP contribution in [0.4, 0.5) is 0 Å². The molecule has 18 heavy (non-hydrogen) atoms. The molecule has 0 saturated carbocycles. The number of hydrogen-bond donors (Lipinski definition) is 0. The fraction of sp³-hybridized carbons (Fsp3) is 0.588. The van der Waals surface area contributed by atoms with Gasteiger partial charge >= 0.3 is 0 Å². The van der Waals surface area contributed by atoms with E-state index in [1.807, 2.05) is 6.92 Å². The topological polar surface area (TPSA) is 17.1 Å². The molecule has 0 amide bonds. The largest absolute Gasteiger partial charge is 0.295 e. The summed E-state index contributed by atoms with van der Waals surface area (Å²) in [6.45, 7) is 15.3. The maximum atomic E-state index is 11.7. The van der Waals surface area contributed by atoms with Gasteiger partial charge in [-0.1, -0.05) is 40.7 Å². The van der Waals surface area contributed by atoms with Crippen molar-refractivity contribution in [2.45, 2.75) is 59.3 Å². The number of Topliss-reactive ketones (excluding diaryl/α,β-unsaturated/α-hetero) is 1. The van der Waals surface area contributed by atoms with Gasteiger partial charge < -0.3 is 0 Å². The van der Waals surface area contributed by atoms with Crippen molar-refractivity contribution in [3.8, 4) is 0 Å². The van der Waals surface area contributed by atoms with Crippen molar-refractivity contribution in [3.63, 3.8) is 0 Å². The molecule has 0 bridgehead atoms. The van der Waals surface area contributed by atoms with Gasteiger partial charge in [0.2, 0.25) is 0 Å². The van der Waals surface area contributed by atoms with Crippen LogP contribution in [0, 0.1) is 12.8 Å². The monoisotopic (exact) mass is 244 g/mol. The van der Waals surface area contributed by atoms with Crippen molar-refractivity contribution >= 4 is 5.78 Å². The maximum absolute atomic E-state index is 11.7. The third kappa shape index (κ3) is 1.56. The molecular formula is C17H24O. The van der Waals surface area contributed by atoms with Crippen LogP contribution >= 0.6 is 0 Å². The quantitative estimate of drug-likeness (QED) is 0.669. The van der Waals surface area contributed by atoms with Crippen LogP contribution in [-0.2, 0) is 10.8 Å². The molecule has 0 radical (unpaired) electrons. The molecule has 0 spiro atoms. The fourth-order valence-corrected chi connectivity index (χ4v) is 3.52. The van der Waals surface area contributed by atoms with E-state index >= 15 is 0 Å². The summed E-state index contributed by atoms with van der Waals surface area (Å²) < 4.78 is 0. The highest BCUT2D eigenvalue weighted by Crippen LogP contribution is 2.53. The Balaban J connectivity index is 2.76. The number of aryl methyl sites for hydroxylation is 1. The summed E-state index contributed by atoms with van der Waals surface area (Å²) in [5.74, 6) is 0.741. The molecule has 1 aromatic carbocycles. The average Bonchev–Trinajstić information content (AvgIpc) is 2.37. The number of hydrogen-bond acceptors (Lipinski definition) is 1. The third-order valence-electron chi connectivity index (χ3n) is 5.30. The molecule has 1 nitrogen and oxygen atoms in total. The molecule has 98 valence electrons. The summed E-state index contributed by atoms with van der Waals surface area (Å²) in [5, 5.41) is 0. The number of carbonyl (C=O) groups is 1. The predicted molar refractivity (Wildman–Crippen MR) is 76.4 cm³/mol. The van der Waals surface area contributed by atoms with Gasteiger partial charge in [0, 0.05) is 5.56 Å². The Hall–Kier alpha value is -1.11. The summed E-state index contributed by atoms with van der Waals surface area (Å²) in [7, 11) is 0. The number of carbonyl (C=O) groups excluding carboxylic acids is 1. The van der Waals surface area contributed by atoms with Crippen molar-refractivity contribution in [1.29, 1.82) is 0 Å². The molecule has 1 atom stereocenters.